The minimum Gasteiger partial charge on any atom is -0.464 e. The third-order valence-electron chi connectivity index (χ3n) is 4.44. The number of para-hydroxylation sites is 1. The number of anilines is 1. The number of halogens is 3. The molecule has 0 saturated carbocycles. The molecule has 0 bridgehead atoms. The predicted octanol–water partition coefficient (Wildman–Crippen LogP) is 4.43. The van der Waals surface area contributed by atoms with Gasteiger partial charge in [-0.15, -0.1) is 0 Å². The van der Waals surface area contributed by atoms with Gasteiger partial charge < -0.3 is 15.0 Å². The van der Waals surface area contributed by atoms with Crippen LogP contribution in [0.1, 0.15) is 23.7 Å². The Balaban J connectivity index is 2.03. The summed E-state index contributed by atoms with van der Waals surface area (Å²) in [7, 11) is 0. The maximum Gasteiger partial charge on any atom is 0.328 e. The minimum absolute atomic E-state index is 0.0674. The lowest BCUT2D eigenvalue weighted by Crippen LogP contribution is -2.34. The molecule has 0 unspecified atom stereocenters. The number of H-pyrrole nitrogens is 1. The molecular formula is C21H15ClF2N4O2. The van der Waals surface area contributed by atoms with Crippen molar-refractivity contribution >= 4 is 34.2 Å². The number of nitrogens with one attached hydrogen (secondary N) is 2. The van der Waals surface area contributed by atoms with Crippen LogP contribution < -0.4 is 5.32 Å². The highest BCUT2D eigenvalue weighted by Crippen LogP contribution is 2.34. The van der Waals surface area contributed by atoms with Gasteiger partial charge in [-0.2, -0.15) is 10.5 Å². The van der Waals surface area contributed by atoms with Crippen molar-refractivity contribution in [2.24, 2.45) is 0 Å². The first kappa shape index (κ1) is 21.1. The van der Waals surface area contributed by atoms with Crippen LogP contribution in [0.4, 0.5) is 14.5 Å². The number of carbonyl (C=O) groups is 1. The second kappa shape index (κ2) is 8.81. The monoisotopic (exact) mass is 428 g/mol. The third kappa shape index (κ3) is 3.91. The first-order valence-electron chi connectivity index (χ1n) is 8.91. The van der Waals surface area contributed by atoms with Gasteiger partial charge in [-0.25, -0.2) is 13.6 Å². The van der Waals surface area contributed by atoms with Gasteiger partial charge in [-0.1, -0.05) is 29.8 Å². The number of hydrogen-bond acceptors (Lipinski definition) is 5. The van der Waals surface area contributed by atoms with Gasteiger partial charge in [0.05, 0.1) is 12.3 Å². The zero-order valence-electron chi connectivity index (χ0n) is 15.7. The Morgan fingerprint density at radius 2 is 1.93 bits per heavy atom. The van der Waals surface area contributed by atoms with E-state index in [1.165, 1.54) is 6.07 Å². The second-order valence-corrected chi connectivity index (χ2v) is 6.70. The van der Waals surface area contributed by atoms with Crippen LogP contribution in [0.2, 0.25) is 5.02 Å². The van der Waals surface area contributed by atoms with Crippen LogP contribution in [0.25, 0.3) is 10.9 Å². The van der Waals surface area contributed by atoms with Gasteiger partial charge in [0.15, 0.2) is 11.6 Å². The van der Waals surface area contributed by atoms with Crippen molar-refractivity contribution in [1.82, 2.24) is 4.98 Å². The van der Waals surface area contributed by atoms with Gasteiger partial charge in [0.25, 0.3) is 0 Å². The van der Waals surface area contributed by atoms with Gasteiger partial charge in [0.2, 0.25) is 0 Å². The lowest BCUT2D eigenvalue weighted by atomic mass is 10.1. The summed E-state index contributed by atoms with van der Waals surface area (Å²) in [6.07, 6.45) is 0.0674. The first-order chi connectivity index (χ1) is 14.4. The Morgan fingerprint density at radius 1 is 1.23 bits per heavy atom. The van der Waals surface area contributed by atoms with Crippen LogP contribution in [0.15, 0.2) is 30.3 Å². The predicted molar refractivity (Wildman–Crippen MR) is 107 cm³/mol. The van der Waals surface area contributed by atoms with E-state index >= 15 is 0 Å². The van der Waals surface area contributed by atoms with Crippen LogP contribution in [0, 0.1) is 34.3 Å². The number of benzene rings is 2. The number of carbonyl (C=O) groups excluding carboxylic acids is 1. The molecule has 0 saturated heterocycles. The summed E-state index contributed by atoms with van der Waals surface area (Å²) < 4.78 is 33.8. The molecule has 1 atom stereocenters. The molecule has 2 N–H and O–H groups in total. The van der Waals surface area contributed by atoms with E-state index in [0.717, 1.165) is 10.9 Å². The van der Waals surface area contributed by atoms with E-state index in [1.807, 2.05) is 30.3 Å². The van der Waals surface area contributed by atoms with Crippen molar-refractivity contribution in [3.63, 3.8) is 0 Å². The number of rotatable bonds is 6. The van der Waals surface area contributed by atoms with Crippen molar-refractivity contribution < 1.29 is 18.3 Å². The Hall–Kier alpha value is -3.62. The van der Waals surface area contributed by atoms with Crippen molar-refractivity contribution in [2.75, 3.05) is 11.9 Å². The molecule has 152 valence electrons. The maximum atomic E-state index is 14.4. The normalized spacial score (nSPS) is 11.5. The number of hydrogen-bond donors (Lipinski definition) is 2. The molecule has 0 spiro atoms. The SMILES string of the molecule is CCOC(=O)[C@H](Cc1cc2ccccc2[nH]1)Nc1c(Cl)c(F)c(C#N)c(F)c1C#N. The highest BCUT2D eigenvalue weighted by atomic mass is 35.5. The van der Waals surface area contributed by atoms with E-state index in [0.29, 0.717) is 5.69 Å². The van der Waals surface area contributed by atoms with Crippen LogP contribution in [0.5, 0.6) is 0 Å². The molecule has 6 nitrogen and oxygen atoms in total. The lowest BCUT2D eigenvalue weighted by Gasteiger charge is -2.20. The number of aromatic amines is 1. The van der Waals surface area contributed by atoms with E-state index in [9.17, 15) is 18.8 Å². The lowest BCUT2D eigenvalue weighted by molar-refractivity contribution is -0.144. The standard InChI is InChI=1S/C21H15ClF2N4O2/c1-2-30-21(29)16(8-12-7-11-5-3-4-6-15(11)27-12)28-20-14(10-26)18(23)13(9-25)19(24)17(20)22/h3-7,16,27-28H,2,8H2,1H3/t16-/m0/s1. The van der Waals surface area contributed by atoms with E-state index in [1.54, 1.807) is 13.0 Å². The Bertz CT molecular complexity index is 1180. The number of nitrogens with zero attached hydrogens (tertiary/aromatic N) is 2. The summed E-state index contributed by atoms with van der Waals surface area (Å²) >= 11 is 5.96. The zero-order valence-corrected chi connectivity index (χ0v) is 16.5. The van der Waals surface area contributed by atoms with Crippen molar-refractivity contribution in [3.05, 3.63) is 63.8 Å². The van der Waals surface area contributed by atoms with Crippen LogP contribution in [-0.4, -0.2) is 23.6 Å². The van der Waals surface area contributed by atoms with Gasteiger partial charge in [-0.05, 0) is 24.4 Å². The summed E-state index contributed by atoms with van der Waals surface area (Å²) in [5.41, 5.74) is -0.538. The van der Waals surface area contributed by atoms with Gasteiger partial charge >= 0.3 is 5.97 Å². The van der Waals surface area contributed by atoms with Crippen LogP contribution in [0.3, 0.4) is 0 Å². The fourth-order valence-electron chi connectivity index (χ4n) is 3.07. The smallest absolute Gasteiger partial charge is 0.328 e. The van der Waals surface area contributed by atoms with Crippen LogP contribution >= 0.6 is 11.6 Å². The van der Waals surface area contributed by atoms with E-state index in [2.05, 4.69) is 10.3 Å². The molecule has 0 radical (unpaired) electrons. The van der Waals surface area contributed by atoms with Gasteiger partial charge in [0.1, 0.15) is 34.3 Å². The molecule has 3 aromatic rings. The van der Waals surface area contributed by atoms with E-state index < -0.39 is 45.5 Å². The summed E-state index contributed by atoms with van der Waals surface area (Å²) in [6, 6.07) is 11.1. The molecular weight excluding hydrogens is 414 g/mol. The number of nitriles is 2. The number of aromatic nitrogens is 1. The summed E-state index contributed by atoms with van der Waals surface area (Å²) in [4.78, 5) is 15.7. The molecule has 1 heterocycles. The first-order valence-corrected chi connectivity index (χ1v) is 9.29. The largest absolute Gasteiger partial charge is 0.464 e. The fraction of sp³-hybridized carbons (Fsp3) is 0.190. The highest BCUT2D eigenvalue weighted by Gasteiger charge is 2.28. The Labute approximate surface area is 175 Å². The number of ether oxygens (including phenoxy) is 1. The quantitative estimate of drug-likeness (QED) is 0.446. The topological polar surface area (TPSA) is 102 Å². The van der Waals surface area contributed by atoms with Crippen molar-refractivity contribution in [1.29, 1.82) is 10.5 Å². The molecule has 1 aromatic heterocycles. The van der Waals surface area contributed by atoms with Crippen molar-refractivity contribution in [3.8, 4) is 12.1 Å². The Morgan fingerprint density at radius 3 is 2.57 bits per heavy atom. The average Bonchev–Trinajstić information content (AvgIpc) is 3.14. The second-order valence-electron chi connectivity index (χ2n) is 6.33. The molecule has 0 aliphatic rings. The zero-order chi connectivity index (χ0) is 21.8. The molecule has 2 aromatic carbocycles. The maximum absolute atomic E-state index is 14.4. The molecule has 0 aliphatic carbocycles. The van der Waals surface area contributed by atoms with Gasteiger partial charge in [-0.3, -0.25) is 0 Å². The number of esters is 1. The average molecular weight is 429 g/mol. The van der Waals surface area contributed by atoms with Gasteiger partial charge in [0, 0.05) is 17.6 Å². The number of fused-ring (bicyclic) bond motifs is 1. The summed E-state index contributed by atoms with van der Waals surface area (Å²) in [5.74, 6) is -3.36. The Kier molecular flexibility index (Phi) is 6.20. The molecule has 0 aliphatic heterocycles. The molecule has 0 amide bonds. The molecule has 3 rings (SSSR count). The van der Waals surface area contributed by atoms with Crippen molar-refractivity contribution in [2.45, 2.75) is 19.4 Å². The fourth-order valence-corrected chi connectivity index (χ4v) is 3.32. The molecule has 9 heteroatoms. The van der Waals surface area contributed by atoms with Crippen LogP contribution in [-0.2, 0) is 16.0 Å². The third-order valence-corrected chi connectivity index (χ3v) is 4.80. The molecule has 30 heavy (non-hydrogen) atoms. The van der Waals surface area contributed by atoms with E-state index in [-0.39, 0.29) is 13.0 Å². The summed E-state index contributed by atoms with van der Waals surface area (Å²) in [6.45, 7) is 1.70. The summed E-state index contributed by atoms with van der Waals surface area (Å²) in [5, 5.41) is 21.2. The molecule has 0 fully saturated rings. The highest BCUT2D eigenvalue weighted by molar-refractivity contribution is 6.33. The minimum atomic E-state index is -1.35. The van der Waals surface area contributed by atoms with E-state index in [4.69, 9.17) is 21.6 Å².